The molecular formula is C14H11FN2O2. The SMILES string of the molecule is COC(=O)c1cc2c(ccn2-c2ccc(F)cc2)[nH]1. The van der Waals surface area contributed by atoms with Crippen LogP contribution in [0.1, 0.15) is 10.5 Å². The minimum atomic E-state index is -0.415. The van der Waals surface area contributed by atoms with Crippen LogP contribution in [0.4, 0.5) is 4.39 Å². The van der Waals surface area contributed by atoms with Crippen LogP contribution in [0.5, 0.6) is 0 Å². The van der Waals surface area contributed by atoms with Gasteiger partial charge >= 0.3 is 5.97 Å². The van der Waals surface area contributed by atoms with Gasteiger partial charge in [0.25, 0.3) is 0 Å². The van der Waals surface area contributed by atoms with Crippen molar-refractivity contribution in [2.45, 2.75) is 0 Å². The van der Waals surface area contributed by atoms with E-state index >= 15 is 0 Å². The van der Waals surface area contributed by atoms with Crippen molar-refractivity contribution in [3.05, 3.63) is 54.1 Å². The highest BCUT2D eigenvalue weighted by molar-refractivity contribution is 5.94. The lowest BCUT2D eigenvalue weighted by Crippen LogP contribution is -2.00. The fraction of sp³-hybridized carbons (Fsp3) is 0.0714. The highest BCUT2D eigenvalue weighted by Gasteiger charge is 2.12. The van der Waals surface area contributed by atoms with Crippen LogP contribution in [0.25, 0.3) is 16.7 Å². The second-order valence-corrected chi connectivity index (χ2v) is 4.14. The predicted molar refractivity (Wildman–Crippen MR) is 68.9 cm³/mol. The van der Waals surface area contributed by atoms with Gasteiger partial charge in [0.05, 0.1) is 18.1 Å². The average molecular weight is 258 g/mol. The summed E-state index contributed by atoms with van der Waals surface area (Å²) in [4.78, 5) is 14.4. The quantitative estimate of drug-likeness (QED) is 0.718. The maximum absolute atomic E-state index is 12.9. The maximum atomic E-state index is 12.9. The number of aromatic amines is 1. The van der Waals surface area contributed by atoms with Gasteiger partial charge in [-0.1, -0.05) is 0 Å². The van der Waals surface area contributed by atoms with Gasteiger partial charge < -0.3 is 14.3 Å². The van der Waals surface area contributed by atoms with Gasteiger partial charge in [-0.05, 0) is 36.4 Å². The number of fused-ring (bicyclic) bond motifs is 1. The number of carbonyl (C=O) groups is 1. The van der Waals surface area contributed by atoms with Crippen molar-refractivity contribution in [3.63, 3.8) is 0 Å². The summed E-state index contributed by atoms with van der Waals surface area (Å²) in [5, 5.41) is 0. The lowest BCUT2D eigenvalue weighted by Gasteiger charge is -2.03. The topological polar surface area (TPSA) is 47.0 Å². The molecule has 0 amide bonds. The number of carbonyl (C=O) groups excluding carboxylic acids is 1. The molecule has 0 saturated carbocycles. The summed E-state index contributed by atoms with van der Waals surface area (Å²) in [7, 11) is 1.34. The zero-order valence-corrected chi connectivity index (χ0v) is 10.2. The van der Waals surface area contributed by atoms with Gasteiger partial charge in [-0.3, -0.25) is 0 Å². The first-order valence-electron chi connectivity index (χ1n) is 5.73. The largest absolute Gasteiger partial charge is 0.464 e. The highest BCUT2D eigenvalue weighted by atomic mass is 19.1. The number of rotatable bonds is 2. The van der Waals surface area contributed by atoms with Crippen molar-refractivity contribution in [1.29, 1.82) is 0 Å². The van der Waals surface area contributed by atoms with Crippen LogP contribution in [-0.4, -0.2) is 22.6 Å². The number of methoxy groups -OCH3 is 1. The molecule has 0 bridgehead atoms. The van der Waals surface area contributed by atoms with E-state index in [4.69, 9.17) is 0 Å². The zero-order chi connectivity index (χ0) is 13.4. The molecule has 4 nitrogen and oxygen atoms in total. The number of ether oxygens (including phenoxy) is 1. The van der Waals surface area contributed by atoms with E-state index in [1.165, 1.54) is 19.2 Å². The van der Waals surface area contributed by atoms with E-state index in [1.54, 1.807) is 18.2 Å². The van der Waals surface area contributed by atoms with Crippen LogP contribution in [0.2, 0.25) is 0 Å². The summed E-state index contributed by atoms with van der Waals surface area (Å²) in [5.41, 5.74) is 2.88. The van der Waals surface area contributed by atoms with Gasteiger partial charge in [-0.15, -0.1) is 0 Å². The highest BCUT2D eigenvalue weighted by Crippen LogP contribution is 2.21. The smallest absolute Gasteiger partial charge is 0.354 e. The summed E-state index contributed by atoms with van der Waals surface area (Å²) < 4.78 is 19.5. The zero-order valence-electron chi connectivity index (χ0n) is 10.2. The standard InChI is InChI=1S/C14H11FN2O2/c1-19-14(18)12-8-13-11(16-12)6-7-17(13)10-4-2-9(15)3-5-10/h2-8,16H,1H3. The predicted octanol–water partition coefficient (Wildman–Crippen LogP) is 2.88. The minimum absolute atomic E-state index is 0.281. The third kappa shape index (κ3) is 1.89. The molecule has 3 aromatic rings. The molecule has 2 aromatic heterocycles. The number of esters is 1. The number of aromatic nitrogens is 2. The molecule has 0 spiro atoms. The van der Waals surface area contributed by atoms with Crippen LogP contribution in [0, 0.1) is 5.82 Å². The number of benzene rings is 1. The molecular weight excluding hydrogens is 247 g/mol. The molecule has 0 aliphatic rings. The summed E-state index contributed by atoms with van der Waals surface area (Å²) in [6.45, 7) is 0. The number of hydrogen-bond acceptors (Lipinski definition) is 2. The molecule has 0 fully saturated rings. The molecule has 19 heavy (non-hydrogen) atoms. The van der Waals surface area contributed by atoms with E-state index in [0.717, 1.165) is 16.7 Å². The Kier molecular flexibility index (Phi) is 2.59. The Morgan fingerprint density at radius 1 is 1.26 bits per heavy atom. The third-order valence-electron chi connectivity index (χ3n) is 2.99. The van der Waals surface area contributed by atoms with Crippen molar-refractivity contribution < 1.29 is 13.9 Å². The Hall–Kier alpha value is -2.56. The van der Waals surface area contributed by atoms with Crippen molar-refractivity contribution in [1.82, 2.24) is 9.55 Å². The number of nitrogens with one attached hydrogen (secondary N) is 1. The van der Waals surface area contributed by atoms with Gasteiger partial charge in [0.15, 0.2) is 0 Å². The molecule has 3 rings (SSSR count). The van der Waals surface area contributed by atoms with E-state index in [2.05, 4.69) is 9.72 Å². The lowest BCUT2D eigenvalue weighted by atomic mass is 10.3. The summed E-state index contributed by atoms with van der Waals surface area (Å²) in [5.74, 6) is -0.696. The number of nitrogens with zero attached hydrogens (tertiary/aromatic N) is 1. The summed E-state index contributed by atoms with van der Waals surface area (Å²) in [6.07, 6.45) is 1.86. The van der Waals surface area contributed by atoms with E-state index in [1.807, 2.05) is 16.8 Å². The molecule has 1 N–H and O–H groups in total. The molecule has 5 heteroatoms. The molecule has 2 heterocycles. The molecule has 0 radical (unpaired) electrons. The Labute approximate surface area is 108 Å². The second-order valence-electron chi connectivity index (χ2n) is 4.14. The molecule has 96 valence electrons. The Morgan fingerprint density at radius 3 is 2.68 bits per heavy atom. The van der Waals surface area contributed by atoms with Gasteiger partial charge in [-0.2, -0.15) is 0 Å². The van der Waals surface area contributed by atoms with Gasteiger partial charge in [0.1, 0.15) is 11.5 Å². The van der Waals surface area contributed by atoms with Crippen LogP contribution in [0.3, 0.4) is 0 Å². The molecule has 1 aromatic carbocycles. The minimum Gasteiger partial charge on any atom is -0.464 e. The Bertz CT molecular complexity index is 740. The Balaban J connectivity index is 2.11. The first kappa shape index (κ1) is 11.5. The van der Waals surface area contributed by atoms with Crippen molar-refractivity contribution in [2.24, 2.45) is 0 Å². The van der Waals surface area contributed by atoms with Gasteiger partial charge in [-0.25, -0.2) is 9.18 Å². The number of halogens is 1. The summed E-state index contributed by atoms with van der Waals surface area (Å²) in [6, 6.07) is 9.72. The van der Waals surface area contributed by atoms with E-state index in [9.17, 15) is 9.18 Å². The van der Waals surface area contributed by atoms with Gasteiger partial charge in [0.2, 0.25) is 0 Å². The molecule has 0 aliphatic carbocycles. The van der Waals surface area contributed by atoms with E-state index in [0.29, 0.717) is 5.69 Å². The lowest BCUT2D eigenvalue weighted by molar-refractivity contribution is 0.0595. The van der Waals surface area contributed by atoms with Crippen LogP contribution >= 0.6 is 0 Å². The Morgan fingerprint density at radius 2 is 2.00 bits per heavy atom. The second kappa shape index (κ2) is 4.28. The first-order valence-corrected chi connectivity index (χ1v) is 5.73. The summed E-state index contributed by atoms with van der Waals surface area (Å²) >= 11 is 0. The van der Waals surface area contributed by atoms with Gasteiger partial charge in [0, 0.05) is 11.9 Å². The van der Waals surface area contributed by atoms with Crippen molar-refractivity contribution in [3.8, 4) is 5.69 Å². The maximum Gasteiger partial charge on any atom is 0.354 e. The van der Waals surface area contributed by atoms with E-state index in [-0.39, 0.29) is 5.82 Å². The van der Waals surface area contributed by atoms with Crippen LogP contribution in [-0.2, 0) is 4.74 Å². The third-order valence-corrected chi connectivity index (χ3v) is 2.99. The number of hydrogen-bond donors (Lipinski definition) is 1. The molecule has 0 saturated heterocycles. The average Bonchev–Trinajstić information content (AvgIpc) is 2.99. The fourth-order valence-electron chi connectivity index (χ4n) is 2.06. The van der Waals surface area contributed by atoms with E-state index < -0.39 is 5.97 Å². The molecule has 0 atom stereocenters. The molecule has 0 aliphatic heterocycles. The van der Waals surface area contributed by atoms with Crippen LogP contribution < -0.4 is 0 Å². The normalized spacial score (nSPS) is 10.8. The van der Waals surface area contributed by atoms with Crippen LogP contribution in [0.15, 0.2) is 42.6 Å². The monoisotopic (exact) mass is 258 g/mol. The van der Waals surface area contributed by atoms with Crippen molar-refractivity contribution in [2.75, 3.05) is 7.11 Å². The molecule has 0 unspecified atom stereocenters. The number of H-pyrrole nitrogens is 1. The van der Waals surface area contributed by atoms with Crippen molar-refractivity contribution >= 4 is 17.0 Å². The fourth-order valence-corrected chi connectivity index (χ4v) is 2.06. The first-order chi connectivity index (χ1) is 9.19.